The molecule has 0 spiro atoms. The van der Waals surface area contributed by atoms with Crippen LogP contribution in [0.15, 0.2) is 101 Å². The molecular formula is C42H46N4O4S2. The van der Waals surface area contributed by atoms with Gasteiger partial charge in [0.1, 0.15) is 0 Å². The van der Waals surface area contributed by atoms with Gasteiger partial charge in [-0.3, -0.25) is 19.2 Å². The van der Waals surface area contributed by atoms with Gasteiger partial charge in [-0.15, -0.1) is 23.5 Å². The van der Waals surface area contributed by atoms with Gasteiger partial charge in [-0.2, -0.15) is 0 Å². The molecular weight excluding hydrogens is 689 g/mol. The monoisotopic (exact) mass is 734 g/mol. The molecule has 4 aromatic carbocycles. The summed E-state index contributed by atoms with van der Waals surface area (Å²) in [5.41, 5.74) is 6.10. The van der Waals surface area contributed by atoms with E-state index in [2.05, 4.69) is 37.5 Å². The Morgan fingerprint density at radius 3 is 1.94 bits per heavy atom. The molecule has 2 N–H and O–H groups in total. The Morgan fingerprint density at radius 2 is 1.27 bits per heavy atom. The fourth-order valence-corrected chi connectivity index (χ4v) is 8.72. The number of nitrogens with zero attached hydrogens (tertiary/aromatic N) is 2. The van der Waals surface area contributed by atoms with Crippen LogP contribution in [0.5, 0.6) is 0 Å². The summed E-state index contributed by atoms with van der Waals surface area (Å²) < 4.78 is 0. The number of fused-ring (bicyclic) bond motifs is 2. The molecule has 52 heavy (non-hydrogen) atoms. The van der Waals surface area contributed by atoms with Gasteiger partial charge in [-0.1, -0.05) is 75.4 Å². The zero-order chi connectivity index (χ0) is 36.8. The number of carbonyl (C=O) groups excluding carboxylic acids is 4. The maximum Gasteiger partial charge on any atom is 0.254 e. The molecule has 270 valence electrons. The average molecular weight is 735 g/mol. The Hall–Kier alpha value is -4.54. The van der Waals surface area contributed by atoms with E-state index >= 15 is 0 Å². The van der Waals surface area contributed by atoms with E-state index in [1.165, 1.54) is 0 Å². The molecule has 4 amide bonds. The molecule has 2 aliphatic heterocycles. The Balaban J connectivity index is 1.01. The van der Waals surface area contributed by atoms with Crippen molar-refractivity contribution < 1.29 is 19.2 Å². The summed E-state index contributed by atoms with van der Waals surface area (Å²) in [5.74, 6) is 1.53. The molecule has 0 bridgehead atoms. The van der Waals surface area contributed by atoms with Crippen molar-refractivity contribution in [2.45, 2.75) is 81.9 Å². The van der Waals surface area contributed by atoms with Gasteiger partial charge in [0, 0.05) is 64.7 Å². The van der Waals surface area contributed by atoms with Gasteiger partial charge in [0.05, 0.1) is 11.4 Å². The van der Waals surface area contributed by atoms with E-state index < -0.39 is 0 Å². The van der Waals surface area contributed by atoms with Crippen molar-refractivity contribution in [3.05, 3.63) is 119 Å². The van der Waals surface area contributed by atoms with Crippen LogP contribution >= 0.6 is 23.5 Å². The molecule has 4 aromatic rings. The predicted octanol–water partition coefficient (Wildman–Crippen LogP) is 8.52. The Morgan fingerprint density at radius 1 is 0.692 bits per heavy atom. The molecule has 2 atom stereocenters. The van der Waals surface area contributed by atoms with Crippen molar-refractivity contribution in [1.29, 1.82) is 0 Å². The van der Waals surface area contributed by atoms with Crippen molar-refractivity contribution in [3.63, 3.8) is 0 Å². The van der Waals surface area contributed by atoms with E-state index in [-0.39, 0.29) is 54.5 Å². The summed E-state index contributed by atoms with van der Waals surface area (Å²) in [7, 11) is 0. The van der Waals surface area contributed by atoms with Crippen LogP contribution in [0.3, 0.4) is 0 Å². The third kappa shape index (κ3) is 8.56. The lowest BCUT2D eigenvalue weighted by Crippen LogP contribution is -2.41. The van der Waals surface area contributed by atoms with Gasteiger partial charge >= 0.3 is 0 Å². The first kappa shape index (κ1) is 37.2. The number of amides is 4. The van der Waals surface area contributed by atoms with Crippen LogP contribution in [0.4, 0.5) is 11.4 Å². The lowest BCUT2D eigenvalue weighted by Gasteiger charge is -2.30. The summed E-state index contributed by atoms with van der Waals surface area (Å²) in [6.45, 7) is 9.12. The molecule has 0 saturated heterocycles. The van der Waals surface area contributed by atoms with Crippen LogP contribution in [0.25, 0.3) is 0 Å². The van der Waals surface area contributed by atoms with E-state index in [4.69, 9.17) is 0 Å². The average Bonchev–Trinajstić information content (AvgIpc) is 3.64. The SMILES string of the molecule is CCSc1ccccc1NC(=O)C[C@@H](C)N1Cc2cc(CCSc3ccccc3NC(=O)C[C@@H](C(C)C)N3Cc4ccccc4C3=O)ccc2C1=O. The number of para-hydroxylation sites is 2. The minimum absolute atomic E-state index is 0.0115. The fourth-order valence-electron chi connectivity index (χ4n) is 6.96. The summed E-state index contributed by atoms with van der Waals surface area (Å²) in [5, 5.41) is 6.16. The molecule has 0 aromatic heterocycles. The third-order valence-corrected chi connectivity index (χ3v) is 11.7. The van der Waals surface area contributed by atoms with Crippen molar-refractivity contribution in [2.75, 3.05) is 22.1 Å². The van der Waals surface area contributed by atoms with E-state index in [0.717, 1.165) is 61.3 Å². The van der Waals surface area contributed by atoms with Crippen LogP contribution in [-0.2, 0) is 29.1 Å². The number of hydrogen-bond donors (Lipinski definition) is 2. The fraction of sp³-hybridized carbons (Fsp3) is 0.333. The maximum absolute atomic E-state index is 13.4. The van der Waals surface area contributed by atoms with Gasteiger partial charge in [0.15, 0.2) is 0 Å². The summed E-state index contributed by atoms with van der Waals surface area (Å²) in [6.07, 6.45) is 1.22. The summed E-state index contributed by atoms with van der Waals surface area (Å²) in [6, 6.07) is 28.8. The second kappa shape index (κ2) is 16.9. The maximum atomic E-state index is 13.4. The molecule has 2 aliphatic rings. The van der Waals surface area contributed by atoms with Crippen molar-refractivity contribution in [1.82, 2.24) is 9.80 Å². The Labute approximate surface area is 315 Å². The van der Waals surface area contributed by atoms with Crippen molar-refractivity contribution in [3.8, 4) is 0 Å². The van der Waals surface area contributed by atoms with Gasteiger partial charge in [0.2, 0.25) is 11.8 Å². The largest absolute Gasteiger partial charge is 0.331 e. The number of aryl methyl sites for hydroxylation is 1. The lowest BCUT2D eigenvalue weighted by atomic mass is 9.98. The van der Waals surface area contributed by atoms with Crippen LogP contribution in [0.1, 0.15) is 77.9 Å². The standard InChI is InChI=1S/C42H46N4O4S2/c1-5-51-37-16-10-8-14-34(37)43-39(47)22-28(4)45-26-31-23-29(18-19-33(31)41(45)49)20-21-52-38-17-11-9-15-35(38)44-40(48)24-36(27(2)3)46-25-30-12-6-7-13-32(30)42(46)50/h6-19,23,27-28,36H,5,20-22,24-26H2,1-4H3,(H,43,47)(H,44,48)/t28-,36+/m1/s1. The summed E-state index contributed by atoms with van der Waals surface area (Å²) in [4.78, 5) is 58.5. The minimum atomic E-state index is -0.250. The van der Waals surface area contributed by atoms with E-state index in [9.17, 15) is 19.2 Å². The first-order chi connectivity index (χ1) is 25.1. The number of rotatable bonds is 15. The van der Waals surface area contributed by atoms with Gasteiger partial charge in [-0.05, 0) is 78.1 Å². The van der Waals surface area contributed by atoms with Crippen LogP contribution < -0.4 is 10.6 Å². The predicted molar refractivity (Wildman–Crippen MR) is 211 cm³/mol. The normalized spacial score (nSPS) is 14.7. The molecule has 0 saturated carbocycles. The highest BCUT2D eigenvalue weighted by atomic mass is 32.2. The lowest BCUT2D eigenvalue weighted by molar-refractivity contribution is -0.118. The van der Waals surface area contributed by atoms with Gasteiger partial charge in [-0.25, -0.2) is 0 Å². The zero-order valence-corrected chi connectivity index (χ0v) is 31.8. The topological polar surface area (TPSA) is 98.8 Å². The number of benzene rings is 4. The molecule has 10 heteroatoms. The minimum Gasteiger partial charge on any atom is -0.331 e. The first-order valence-corrected chi connectivity index (χ1v) is 19.9. The summed E-state index contributed by atoms with van der Waals surface area (Å²) >= 11 is 3.36. The highest BCUT2D eigenvalue weighted by Crippen LogP contribution is 2.32. The van der Waals surface area contributed by atoms with E-state index in [1.54, 1.807) is 28.4 Å². The molecule has 0 fully saturated rings. The van der Waals surface area contributed by atoms with Crippen LogP contribution in [0.2, 0.25) is 0 Å². The van der Waals surface area contributed by atoms with Gasteiger partial charge in [0.25, 0.3) is 11.8 Å². The number of anilines is 2. The van der Waals surface area contributed by atoms with Crippen LogP contribution in [0, 0.1) is 5.92 Å². The second-order valence-corrected chi connectivity index (χ2v) is 16.1. The molecule has 6 rings (SSSR count). The molecule has 0 aliphatic carbocycles. The Bertz CT molecular complexity index is 1960. The zero-order valence-electron chi connectivity index (χ0n) is 30.2. The van der Waals surface area contributed by atoms with Crippen molar-refractivity contribution >= 4 is 58.5 Å². The number of carbonyl (C=O) groups is 4. The van der Waals surface area contributed by atoms with E-state index in [0.29, 0.717) is 18.7 Å². The van der Waals surface area contributed by atoms with Crippen LogP contribution in [-0.4, -0.2) is 57.0 Å². The smallest absolute Gasteiger partial charge is 0.254 e. The van der Waals surface area contributed by atoms with Gasteiger partial charge < -0.3 is 20.4 Å². The number of nitrogens with one attached hydrogen (secondary N) is 2. The number of thioether (sulfide) groups is 2. The second-order valence-electron chi connectivity index (χ2n) is 13.7. The Kier molecular flexibility index (Phi) is 12.1. The molecule has 0 unspecified atom stereocenters. The third-order valence-electron chi connectivity index (χ3n) is 9.70. The highest BCUT2D eigenvalue weighted by molar-refractivity contribution is 7.99. The molecule has 8 nitrogen and oxygen atoms in total. The first-order valence-electron chi connectivity index (χ1n) is 18.0. The van der Waals surface area contributed by atoms with E-state index in [1.807, 2.05) is 96.8 Å². The highest BCUT2D eigenvalue weighted by Gasteiger charge is 2.35. The molecule has 0 radical (unpaired) electrons. The van der Waals surface area contributed by atoms with Crippen molar-refractivity contribution in [2.24, 2.45) is 5.92 Å². The quantitative estimate of drug-likeness (QED) is 0.119. The number of hydrogen-bond acceptors (Lipinski definition) is 6. The molecule has 2 heterocycles.